The summed E-state index contributed by atoms with van der Waals surface area (Å²) in [6, 6.07) is 5.82. The van der Waals surface area contributed by atoms with Crippen LogP contribution >= 0.6 is 35.0 Å². The summed E-state index contributed by atoms with van der Waals surface area (Å²) in [6.45, 7) is 5.35. The summed E-state index contributed by atoms with van der Waals surface area (Å²) in [6.07, 6.45) is 2.13. The summed E-state index contributed by atoms with van der Waals surface area (Å²) in [7, 11) is 0. The van der Waals surface area contributed by atoms with Gasteiger partial charge in [0.15, 0.2) is 0 Å². The van der Waals surface area contributed by atoms with E-state index >= 15 is 0 Å². The van der Waals surface area contributed by atoms with E-state index in [1.165, 1.54) is 5.75 Å². The average Bonchev–Trinajstić information content (AvgIpc) is 2.29. The summed E-state index contributed by atoms with van der Waals surface area (Å²) in [5.74, 6) is 1.83. The molecule has 0 fully saturated rings. The van der Waals surface area contributed by atoms with Crippen molar-refractivity contribution in [2.24, 2.45) is 5.92 Å². The SMILES string of the molecule is CSCC(C)CNC(C)c1cc(Cl)ccc1Cl. The fraction of sp³-hybridized carbons (Fsp3) is 0.538. The molecule has 0 heterocycles. The molecule has 0 spiro atoms. The number of benzene rings is 1. The van der Waals surface area contributed by atoms with Crippen LogP contribution in [0.4, 0.5) is 0 Å². The molecule has 2 atom stereocenters. The number of hydrogen-bond donors (Lipinski definition) is 1. The molecular weight excluding hydrogens is 273 g/mol. The largest absolute Gasteiger partial charge is 0.310 e. The molecule has 2 unspecified atom stereocenters. The van der Waals surface area contributed by atoms with Gasteiger partial charge in [-0.05, 0) is 55.2 Å². The smallest absolute Gasteiger partial charge is 0.0454 e. The molecule has 1 aromatic rings. The Morgan fingerprint density at radius 1 is 1.29 bits per heavy atom. The maximum atomic E-state index is 6.16. The summed E-state index contributed by atoms with van der Waals surface area (Å²) < 4.78 is 0. The van der Waals surface area contributed by atoms with Crippen molar-refractivity contribution < 1.29 is 0 Å². The highest BCUT2D eigenvalue weighted by atomic mass is 35.5. The van der Waals surface area contributed by atoms with Crippen LogP contribution in [0.2, 0.25) is 10.0 Å². The summed E-state index contributed by atoms with van der Waals surface area (Å²) in [4.78, 5) is 0. The van der Waals surface area contributed by atoms with Crippen LogP contribution < -0.4 is 5.32 Å². The molecule has 1 N–H and O–H groups in total. The Morgan fingerprint density at radius 3 is 2.65 bits per heavy atom. The molecule has 4 heteroatoms. The van der Waals surface area contributed by atoms with Crippen molar-refractivity contribution in [3.8, 4) is 0 Å². The van der Waals surface area contributed by atoms with Gasteiger partial charge in [-0.25, -0.2) is 0 Å². The van der Waals surface area contributed by atoms with Gasteiger partial charge in [-0.2, -0.15) is 11.8 Å². The number of hydrogen-bond acceptors (Lipinski definition) is 2. The third-order valence-corrected chi connectivity index (χ3v) is 4.13. The van der Waals surface area contributed by atoms with Crippen LogP contribution in [0.3, 0.4) is 0 Å². The number of thioether (sulfide) groups is 1. The Kier molecular flexibility index (Phi) is 6.71. The van der Waals surface area contributed by atoms with Gasteiger partial charge in [-0.3, -0.25) is 0 Å². The summed E-state index contributed by atoms with van der Waals surface area (Å²) >= 11 is 14.0. The van der Waals surface area contributed by atoms with Gasteiger partial charge in [0, 0.05) is 16.1 Å². The lowest BCUT2D eigenvalue weighted by Crippen LogP contribution is -2.25. The van der Waals surface area contributed by atoms with E-state index in [-0.39, 0.29) is 6.04 Å². The van der Waals surface area contributed by atoms with Crippen LogP contribution in [0.5, 0.6) is 0 Å². The van der Waals surface area contributed by atoms with Crippen molar-refractivity contribution in [2.75, 3.05) is 18.6 Å². The van der Waals surface area contributed by atoms with E-state index in [2.05, 4.69) is 25.4 Å². The fourth-order valence-electron chi connectivity index (χ4n) is 1.68. The molecule has 96 valence electrons. The molecule has 0 aliphatic rings. The predicted molar refractivity (Wildman–Crippen MR) is 80.4 cm³/mol. The Bertz CT molecular complexity index is 357. The zero-order valence-electron chi connectivity index (χ0n) is 10.5. The lowest BCUT2D eigenvalue weighted by atomic mass is 10.1. The number of rotatable bonds is 6. The van der Waals surface area contributed by atoms with Crippen molar-refractivity contribution in [3.63, 3.8) is 0 Å². The van der Waals surface area contributed by atoms with Gasteiger partial charge in [0.05, 0.1) is 0 Å². The number of halogens is 2. The zero-order valence-corrected chi connectivity index (χ0v) is 12.8. The Hall–Kier alpha value is 0.110. The van der Waals surface area contributed by atoms with E-state index in [1.807, 2.05) is 30.0 Å². The van der Waals surface area contributed by atoms with E-state index in [0.717, 1.165) is 22.2 Å². The van der Waals surface area contributed by atoms with Gasteiger partial charge in [-0.1, -0.05) is 30.1 Å². The highest BCUT2D eigenvalue weighted by Gasteiger charge is 2.11. The number of nitrogens with one attached hydrogen (secondary N) is 1. The molecule has 0 bridgehead atoms. The molecule has 17 heavy (non-hydrogen) atoms. The molecule has 1 nitrogen and oxygen atoms in total. The van der Waals surface area contributed by atoms with E-state index < -0.39 is 0 Å². The van der Waals surface area contributed by atoms with Crippen molar-refractivity contribution in [1.82, 2.24) is 5.32 Å². The molecule has 1 rings (SSSR count). The van der Waals surface area contributed by atoms with Crippen molar-refractivity contribution in [3.05, 3.63) is 33.8 Å². The Labute approximate surface area is 118 Å². The molecule has 0 aliphatic heterocycles. The topological polar surface area (TPSA) is 12.0 Å². The standard InChI is InChI=1S/C13H19Cl2NS/c1-9(8-17-3)7-16-10(2)12-6-11(14)4-5-13(12)15/h4-6,9-10,16H,7-8H2,1-3H3. The Balaban J connectivity index is 2.57. The quantitative estimate of drug-likeness (QED) is 0.819. The maximum absolute atomic E-state index is 6.16. The molecule has 0 saturated carbocycles. The van der Waals surface area contributed by atoms with Crippen LogP contribution in [0, 0.1) is 5.92 Å². The molecule has 0 aliphatic carbocycles. The van der Waals surface area contributed by atoms with Gasteiger partial charge >= 0.3 is 0 Å². The van der Waals surface area contributed by atoms with Gasteiger partial charge in [0.2, 0.25) is 0 Å². The van der Waals surface area contributed by atoms with Crippen LogP contribution in [0.25, 0.3) is 0 Å². The van der Waals surface area contributed by atoms with Gasteiger partial charge < -0.3 is 5.32 Å². The molecule has 0 amide bonds. The van der Waals surface area contributed by atoms with Crippen LogP contribution in [0.15, 0.2) is 18.2 Å². The molecule has 0 aromatic heterocycles. The first-order valence-corrected chi connectivity index (χ1v) is 7.86. The van der Waals surface area contributed by atoms with Crippen molar-refractivity contribution >= 4 is 35.0 Å². The highest BCUT2D eigenvalue weighted by Crippen LogP contribution is 2.26. The van der Waals surface area contributed by atoms with Crippen LogP contribution in [-0.4, -0.2) is 18.6 Å². The predicted octanol–water partition coefficient (Wildman–Crippen LogP) is 4.64. The highest BCUT2D eigenvalue weighted by molar-refractivity contribution is 7.98. The third-order valence-electron chi connectivity index (χ3n) is 2.65. The fourth-order valence-corrected chi connectivity index (χ4v) is 2.83. The van der Waals surface area contributed by atoms with Crippen LogP contribution in [-0.2, 0) is 0 Å². The second kappa shape index (κ2) is 7.52. The molecular formula is C13H19Cl2NS. The first kappa shape index (κ1) is 15.2. The lowest BCUT2D eigenvalue weighted by molar-refractivity contribution is 0.501. The third kappa shape index (κ3) is 5.09. The van der Waals surface area contributed by atoms with Gasteiger partial charge in [0.25, 0.3) is 0 Å². The van der Waals surface area contributed by atoms with E-state index in [9.17, 15) is 0 Å². The minimum absolute atomic E-state index is 0.227. The normalized spacial score (nSPS) is 14.6. The summed E-state index contributed by atoms with van der Waals surface area (Å²) in [5.41, 5.74) is 1.07. The van der Waals surface area contributed by atoms with Crippen molar-refractivity contribution in [1.29, 1.82) is 0 Å². The average molecular weight is 292 g/mol. The van der Waals surface area contributed by atoms with E-state index in [4.69, 9.17) is 23.2 Å². The lowest BCUT2D eigenvalue weighted by Gasteiger charge is -2.18. The minimum atomic E-state index is 0.227. The Morgan fingerprint density at radius 2 is 2.00 bits per heavy atom. The second-order valence-corrected chi connectivity index (χ2v) is 6.11. The van der Waals surface area contributed by atoms with E-state index in [0.29, 0.717) is 5.92 Å². The maximum Gasteiger partial charge on any atom is 0.0454 e. The van der Waals surface area contributed by atoms with Crippen LogP contribution in [0.1, 0.15) is 25.5 Å². The monoisotopic (exact) mass is 291 g/mol. The minimum Gasteiger partial charge on any atom is -0.310 e. The first-order chi connectivity index (χ1) is 8.04. The van der Waals surface area contributed by atoms with E-state index in [1.54, 1.807) is 0 Å². The first-order valence-electron chi connectivity index (χ1n) is 5.72. The molecule has 0 radical (unpaired) electrons. The van der Waals surface area contributed by atoms with Gasteiger partial charge in [0.1, 0.15) is 0 Å². The molecule has 1 aromatic carbocycles. The summed E-state index contributed by atoms with van der Waals surface area (Å²) in [5, 5.41) is 5.00. The van der Waals surface area contributed by atoms with Crippen molar-refractivity contribution in [2.45, 2.75) is 19.9 Å². The molecule has 0 saturated heterocycles. The second-order valence-electron chi connectivity index (χ2n) is 4.36. The van der Waals surface area contributed by atoms with Gasteiger partial charge in [-0.15, -0.1) is 0 Å². The zero-order chi connectivity index (χ0) is 12.8.